The Hall–Kier alpha value is -1.42. The molecule has 0 unspecified atom stereocenters. The van der Waals surface area contributed by atoms with Gasteiger partial charge in [0.15, 0.2) is 6.29 Å². The average molecular weight is 239 g/mol. The van der Waals surface area contributed by atoms with Gasteiger partial charge in [-0.3, -0.25) is 4.79 Å². The number of likely N-dealkylation sites (N-methyl/N-ethyl adjacent to an activating group) is 1. The Bertz CT molecular complexity index is 368. The van der Waals surface area contributed by atoms with Gasteiger partial charge in [-0.2, -0.15) is 0 Å². The molecule has 0 saturated carbocycles. The quantitative estimate of drug-likeness (QED) is 0.541. The van der Waals surface area contributed by atoms with Crippen LogP contribution in [0.5, 0.6) is 0 Å². The molecule has 0 aliphatic carbocycles. The Balaban J connectivity index is 2.87. The molecule has 0 amide bonds. The number of rotatable bonds is 7. The number of hydrogen-bond donors (Lipinski definition) is 0. The molecule has 0 N–H and O–H groups in total. The average Bonchev–Trinajstić information content (AvgIpc) is 2.34. The zero-order valence-corrected chi connectivity index (χ0v) is 10.3. The van der Waals surface area contributed by atoms with Crippen molar-refractivity contribution in [3.05, 3.63) is 29.6 Å². The van der Waals surface area contributed by atoms with Crippen molar-refractivity contribution < 1.29 is 13.9 Å². The van der Waals surface area contributed by atoms with Gasteiger partial charge in [0.1, 0.15) is 5.82 Å². The number of benzene rings is 1. The molecule has 1 rings (SSSR count). The minimum absolute atomic E-state index is 0.117. The molecule has 0 aliphatic rings. The number of aldehydes is 1. The lowest BCUT2D eigenvalue weighted by Gasteiger charge is -2.24. The van der Waals surface area contributed by atoms with Crippen LogP contribution in [0.25, 0.3) is 0 Å². The first kappa shape index (κ1) is 13.6. The van der Waals surface area contributed by atoms with Crippen molar-refractivity contribution in [3.63, 3.8) is 0 Å². The van der Waals surface area contributed by atoms with E-state index in [1.807, 2.05) is 18.7 Å². The van der Waals surface area contributed by atoms with Crippen LogP contribution in [0.4, 0.5) is 10.1 Å². The monoisotopic (exact) mass is 239 g/mol. The van der Waals surface area contributed by atoms with E-state index in [0.717, 1.165) is 0 Å². The van der Waals surface area contributed by atoms with Crippen molar-refractivity contribution in [1.29, 1.82) is 0 Å². The van der Waals surface area contributed by atoms with Gasteiger partial charge in [0.05, 0.1) is 17.9 Å². The molecule has 0 atom stereocenters. The zero-order chi connectivity index (χ0) is 12.7. The third-order valence-corrected chi connectivity index (χ3v) is 2.58. The zero-order valence-electron chi connectivity index (χ0n) is 10.3. The summed E-state index contributed by atoms with van der Waals surface area (Å²) < 4.78 is 18.7. The number of anilines is 1. The smallest absolute Gasteiger partial charge is 0.155 e. The molecule has 0 spiro atoms. The van der Waals surface area contributed by atoms with Gasteiger partial charge in [-0.1, -0.05) is 6.07 Å². The van der Waals surface area contributed by atoms with Crippen LogP contribution in [0.1, 0.15) is 24.2 Å². The van der Waals surface area contributed by atoms with Crippen LogP contribution < -0.4 is 4.90 Å². The maximum absolute atomic E-state index is 13.4. The highest BCUT2D eigenvalue weighted by molar-refractivity contribution is 5.85. The summed E-state index contributed by atoms with van der Waals surface area (Å²) in [7, 11) is 0. The Kier molecular flexibility index (Phi) is 5.63. The third kappa shape index (κ3) is 3.53. The molecule has 0 fully saturated rings. The minimum Gasteiger partial charge on any atom is -0.380 e. The molecule has 4 heteroatoms. The standard InChI is InChI=1S/C13H18FNO2/c1-3-15(8-9-17-4-2)13-7-5-6-12(14)11(13)10-16/h5-7,10H,3-4,8-9H2,1-2H3. The lowest BCUT2D eigenvalue weighted by molar-refractivity contribution is 0.112. The van der Waals surface area contributed by atoms with Crippen LogP contribution in [0.3, 0.4) is 0 Å². The fraction of sp³-hybridized carbons (Fsp3) is 0.462. The summed E-state index contributed by atoms with van der Waals surface area (Å²) in [5, 5.41) is 0. The minimum atomic E-state index is -0.479. The molecule has 1 aromatic rings. The molecule has 0 heterocycles. The van der Waals surface area contributed by atoms with E-state index in [2.05, 4.69) is 0 Å². The number of carbonyl (C=O) groups excluding carboxylic acids is 1. The van der Waals surface area contributed by atoms with Crippen molar-refractivity contribution in [2.45, 2.75) is 13.8 Å². The Morgan fingerprint density at radius 1 is 1.41 bits per heavy atom. The fourth-order valence-electron chi connectivity index (χ4n) is 1.69. The SMILES string of the molecule is CCOCCN(CC)c1cccc(F)c1C=O. The van der Waals surface area contributed by atoms with Gasteiger partial charge < -0.3 is 9.64 Å². The molecule has 0 aliphatic heterocycles. The van der Waals surface area contributed by atoms with Crippen molar-refractivity contribution in [2.24, 2.45) is 0 Å². The first-order valence-electron chi connectivity index (χ1n) is 5.81. The molecular formula is C13H18FNO2. The van der Waals surface area contributed by atoms with E-state index < -0.39 is 5.82 Å². The van der Waals surface area contributed by atoms with Gasteiger partial charge in [0, 0.05) is 19.7 Å². The van der Waals surface area contributed by atoms with Gasteiger partial charge in [-0.25, -0.2) is 4.39 Å². The van der Waals surface area contributed by atoms with Crippen LogP contribution in [0.15, 0.2) is 18.2 Å². The van der Waals surface area contributed by atoms with Gasteiger partial charge in [-0.05, 0) is 26.0 Å². The van der Waals surface area contributed by atoms with Crippen LogP contribution in [-0.4, -0.2) is 32.6 Å². The van der Waals surface area contributed by atoms with Crippen molar-refractivity contribution in [2.75, 3.05) is 31.2 Å². The van der Waals surface area contributed by atoms with Crippen molar-refractivity contribution in [1.82, 2.24) is 0 Å². The number of ether oxygens (including phenoxy) is 1. The molecule has 17 heavy (non-hydrogen) atoms. The lowest BCUT2D eigenvalue weighted by atomic mass is 10.1. The predicted octanol–water partition coefficient (Wildman–Crippen LogP) is 2.50. The second-order valence-corrected chi connectivity index (χ2v) is 3.57. The highest BCUT2D eigenvalue weighted by Crippen LogP contribution is 2.21. The van der Waals surface area contributed by atoms with Crippen LogP contribution in [0.2, 0.25) is 0 Å². The van der Waals surface area contributed by atoms with E-state index in [0.29, 0.717) is 38.3 Å². The molecule has 3 nitrogen and oxygen atoms in total. The highest BCUT2D eigenvalue weighted by Gasteiger charge is 2.12. The molecule has 0 bridgehead atoms. The molecule has 0 aromatic heterocycles. The van der Waals surface area contributed by atoms with Gasteiger partial charge in [0.25, 0.3) is 0 Å². The Morgan fingerprint density at radius 2 is 2.18 bits per heavy atom. The van der Waals surface area contributed by atoms with E-state index in [1.165, 1.54) is 6.07 Å². The summed E-state index contributed by atoms with van der Waals surface area (Å²) >= 11 is 0. The number of nitrogens with zero attached hydrogens (tertiary/aromatic N) is 1. The number of halogens is 1. The first-order valence-corrected chi connectivity index (χ1v) is 5.81. The summed E-state index contributed by atoms with van der Waals surface area (Å²) in [6.07, 6.45) is 0.563. The van der Waals surface area contributed by atoms with Crippen molar-refractivity contribution in [3.8, 4) is 0 Å². The van der Waals surface area contributed by atoms with E-state index in [-0.39, 0.29) is 5.56 Å². The Morgan fingerprint density at radius 3 is 2.76 bits per heavy atom. The van der Waals surface area contributed by atoms with Crippen LogP contribution >= 0.6 is 0 Å². The predicted molar refractivity (Wildman–Crippen MR) is 66.2 cm³/mol. The highest BCUT2D eigenvalue weighted by atomic mass is 19.1. The van der Waals surface area contributed by atoms with E-state index in [1.54, 1.807) is 12.1 Å². The molecule has 1 aromatic carbocycles. The lowest BCUT2D eigenvalue weighted by Crippen LogP contribution is -2.28. The Labute approximate surface area is 101 Å². The normalized spacial score (nSPS) is 10.3. The topological polar surface area (TPSA) is 29.5 Å². The van der Waals surface area contributed by atoms with E-state index in [9.17, 15) is 9.18 Å². The van der Waals surface area contributed by atoms with Gasteiger partial charge in [0.2, 0.25) is 0 Å². The second kappa shape index (κ2) is 7.01. The summed E-state index contributed by atoms with van der Waals surface area (Å²) in [6, 6.07) is 4.66. The molecule has 94 valence electrons. The summed E-state index contributed by atoms with van der Waals surface area (Å²) in [5.41, 5.74) is 0.744. The summed E-state index contributed by atoms with van der Waals surface area (Å²) in [4.78, 5) is 12.8. The molecule has 0 radical (unpaired) electrons. The van der Waals surface area contributed by atoms with E-state index in [4.69, 9.17) is 4.74 Å². The maximum atomic E-state index is 13.4. The second-order valence-electron chi connectivity index (χ2n) is 3.57. The van der Waals surface area contributed by atoms with E-state index >= 15 is 0 Å². The number of carbonyl (C=O) groups is 1. The third-order valence-electron chi connectivity index (χ3n) is 2.58. The molecule has 0 saturated heterocycles. The largest absolute Gasteiger partial charge is 0.380 e. The molecular weight excluding hydrogens is 221 g/mol. The van der Waals surface area contributed by atoms with Gasteiger partial charge in [-0.15, -0.1) is 0 Å². The van der Waals surface area contributed by atoms with Gasteiger partial charge >= 0.3 is 0 Å². The maximum Gasteiger partial charge on any atom is 0.155 e. The first-order chi connectivity index (χ1) is 8.24. The van der Waals surface area contributed by atoms with Crippen LogP contribution in [-0.2, 0) is 4.74 Å². The van der Waals surface area contributed by atoms with Crippen LogP contribution in [0, 0.1) is 5.82 Å². The van der Waals surface area contributed by atoms with Crippen molar-refractivity contribution >= 4 is 12.0 Å². The fourth-order valence-corrected chi connectivity index (χ4v) is 1.69. The summed E-state index contributed by atoms with van der Waals surface area (Å²) in [5.74, 6) is -0.479. The summed E-state index contributed by atoms with van der Waals surface area (Å²) in [6.45, 7) is 6.47. The number of hydrogen-bond acceptors (Lipinski definition) is 3.